The molecule has 0 aliphatic rings. The zero-order valence-electron chi connectivity index (χ0n) is 13.7. The van der Waals surface area contributed by atoms with Crippen molar-refractivity contribution in [2.75, 3.05) is 0 Å². The topological polar surface area (TPSA) is 52.6 Å². The fraction of sp³-hybridized carbons (Fsp3) is 0.824. The molecule has 0 saturated carbocycles. The number of esters is 2. The van der Waals surface area contributed by atoms with Crippen molar-refractivity contribution in [3.05, 3.63) is 6.79 Å². The molecule has 1 radical (unpaired) electrons. The molecule has 0 aliphatic heterocycles. The average molecular weight is 299 g/mol. The van der Waals surface area contributed by atoms with Gasteiger partial charge in [-0.05, 0) is 12.8 Å². The Kier molecular flexibility index (Phi) is 14.6. The Morgan fingerprint density at radius 1 is 0.667 bits per heavy atom. The van der Waals surface area contributed by atoms with E-state index in [9.17, 15) is 9.59 Å². The van der Waals surface area contributed by atoms with E-state index in [2.05, 4.69) is 13.8 Å². The third-order valence-electron chi connectivity index (χ3n) is 3.33. The van der Waals surface area contributed by atoms with Crippen molar-refractivity contribution in [2.45, 2.75) is 90.9 Å². The van der Waals surface area contributed by atoms with Crippen molar-refractivity contribution < 1.29 is 19.1 Å². The van der Waals surface area contributed by atoms with Gasteiger partial charge in [0.05, 0.1) is 0 Å². The minimum Gasteiger partial charge on any atom is -0.417 e. The lowest BCUT2D eigenvalue weighted by atomic mass is 10.1. The largest absolute Gasteiger partial charge is 0.417 e. The maximum absolute atomic E-state index is 11.3. The fourth-order valence-electron chi connectivity index (χ4n) is 2.00. The van der Waals surface area contributed by atoms with Crippen molar-refractivity contribution in [2.24, 2.45) is 0 Å². The van der Waals surface area contributed by atoms with Crippen LogP contribution in [0.1, 0.15) is 90.9 Å². The predicted molar refractivity (Wildman–Crippen MR) is 83.2 cm³/mol. The van der Waals surface area contributed by atoms with Gasteiger partial charge in [-0.3, -0.25) is 9.59 Å². The summed E-state index contributed by atoms with van der Waals surface area (Å²) in [7, 11) is 0. The molecule has 0 aromatic heterocycles. The quantitative estimate of drug-likeness (QED) is 0.338. The van der Waals surface area contributed by atoms with Crippen LogP contribution in [-0.2, 0) is 19.1 Å². The summed E-state index contributed by atoms with van der Waals surface area (Å²) in [4.78, 5) is 22.7. The van der Waals surface area contributed by atoms with Crippen molar-refractivity contribution in [3.8, 4) is 0 Å². The molecule has 0 saturated heterocycles. The summed E-state index contributed by atoms with van der Waals surface area (Å²) in [5.41, 5.74) is 0. The van der Waals surface area contributed by atoms with Crippen molar-refractivity contribution in [3.63, 3.8) is 0 Å². The van der Waals surface area contributed by atoms with E-state index in [1.54, 1.807) is 0 Å². The van der Waals surface area contributed by atoms with Gasteiger partial charge >= 0.3 is 18.7 Å². The summed E-state index contributed by atoms with van der Waals surface area (Å²) in [6, 6.07) is 0. The minimum absolute atomic E-state index is 0.331. The molecule has 4 heteroatoms. The summed E-state index contributed by atoms with van der Waals surface area (Å²) in [5.74, 6) is -0.663. The SMILES string of the molecule is CCCCCCCC(=O)O[CH]OC(=O)CCCCCCC. The lowest BCUT2D eigenvalue weighted by molar-refractivity contribution is -0.156. The highest BCUT2D eigenvalue weighted by molar-refractivity contribution is 5.71. The zero-order valence-corrected chi connectivity index (χ0v) is 13.7. The number of rotatable bonds is 14. The van der Waals surface area contributed by atoms with Gasteiger partial charge in [0.2, 0.25) is 0 Å². The van der Waals surface area contributed by atoms with Crippen molar-refractivity contribution in [1.29, 1.82) is 0 Å². The summed E-state index contributed by atoms with van der Waals surface area (Å²) < 4.78 is 9.51. The van der Waals surface area contributed by atoms with Crippen molar-refractivity contribution in [1.82, 2.24) is 0 Å². The van der Waals surface area contributed by atoms with E-state index in [1.165, 1.54) is 25.7 Å². The molecular formula is C17H31O4. The van der Waals surface area contributed by atoms with E-state index in [0.29, 0.717) is 12.8 Å². The molecule has 0 spiro atoms. The highest BCUT2D eigenvalue weighted by Gasteiger charge is 2.07. The molecule has 0 amide bonds. The second kappa shape index (κ2) is 15.3. The van der Waals surface area contributed by atoms with Crippen LogP contribution in [0.25, 0.3) is 0 Å². The maximum Gasteiger partial charge on any atom is 0.320 e. The second-order valence-corrected chi connectivity index (χ2v) is 5.40. The molecule has 0 N–H and O–H groups in total. The Morgan fingerprint density at radius 2 is 1.05 bits per heavy atom. The predicted octanol–water partition coefficient (Wildman–Crippen LogP) is 4.91. The van der Waals surface area contributed by atoms with E-state index in [0.717, 1.165) is 45.3 Å². The maximum atomic E-state index is 11.3. The Labute approximate surface area is 129 Å². The number of hydrogen-bond donors (Lipinski definition) is 0. The Hall–Kier alpha value is -1.06. The molecule has 0 bridgehead atoms. The highest BCUT2D eigenvalue weighted by atomic mass is 16.7. The highest BCUT2D eigenvalue weighted by Crippen LogP contribution is 2.08. The number of unbranched alkanes of at least 4 members (excludes halogenated alkanes) is 8. The molecule has 0 atom stereocenters. The first-order valence-electron chi connectivity index (χ1n) is 8.41. The van der Waals surface area contributed by atoms with Gasteiger partial charge in [0.15, 0.2) is 0 Å². The summed E-state index contributed by atoms with van der Waals surface area (Å²) in [6.45, 7) is 5.19. The molecular weight excluding hydrogens is 268 g/mol. The molecule has 0 fully saturated rings. The summed E-state index contributed by atoms with van der Waals surface area (Å²) >= 11 is 0. The third-order valence-corrected chi connectivity index (χ3v) is 3.33. The number of carbonyl (C=O) groups excluding carboxylic acids is 2. The Bertz CT molecular complexity index is 238. The first-order chi connectivity index (χ1) is 10.2. The van der Waals surface area contributed by atoms with E-state index in [1.807, 2.05) is 0 Å². The standard InChI is InChI=1S/C17H31O4/c1-3-5-7-9-11-13-16(18)20-15-21-17(19)14-12-10-8-6-4-2/h15H,3-14H2,1-2H3. The van der Waals surface area contributed by atoms with Crippen LogP contribution in [0.15, 0.2) is 0 Å². The van der Waals surface area contributed by atoms with Crippen LogP contribution in [0, 0.1) is 6.79 Å². The van der Waals surface area contributed by atoms with Gasteiger partial charge < -0.3 is 9.47 Å². The summed E-state index contributed by atoms with van der Waals surface area (Å²) in [6.07, 6.45) is 11.6. The second-order valence-electron chi connectivity index (χ2n) is 5.40. The molecule has 0 aromatic rings. The van der Waals surface area contributed by atoms with Crippen LogP contribution in [0.4, 0.5) is 0 Å². The van der Waals surface area contributed by atoms with Gasteiger partial charge in [0.25, 0.3) is 0 Å². The minimum atomic E-state index is -0.331. The Morgan fingerprint density at radius 3 is 1.43 bits per heavy atom. The number of ether oxygens (including phenoxy) is 2. The molecule has 0 aromatic carbocycles. The van der Waals surface area contributed by atoms with Gasteiger partial charge in [-0.2, -0.15) is 0 Å². The fourth-order valence-corrected chi connectivity index (χ4v) is 2.00. The van der Waals surface area contributed by atoms with Crippen LogP contribution in [0.2, 0.25) is 0 Å². The molecule has 21 heavy (non-hydrogen) atoms. The lowest BCUT2D eigenvalue weighted by Gasteiger charge is -2.05. The van der Waals surface area contributed by atoms with E-state index in [4.69, 9.17) is 9.47 Å². The number of hydrogen-bond acceptors (Lipinski definition) is 4. The first-order valence-corrected chi connectivity index (χ1v) is 8.41. The van der Waals surface area contributed by atoms with Crippen LogP contribution in [0.5, 0.6) is 0 Å². The van der Waals surface area contributed by atoms with Gasteiger partial charge in [-0.25, -0.2) is 0 Å². The molecule has 123 valence electrons. The van der Waals surface area contributed by atoms with Crippen LogP contribution < -0.4 is 0 Å². The van der Waals surface area contributed by atoms with E-state index >= 15 is 0 Å². The van der Waals surface area contributed by atoms with E-state index in [-0.39, 0.29) is 11.9 Å². The van der Waals surface area contributed by atoms with Gasteiger partial charge in [0.1, 0.15) is 0 Å². The molecule has 0 rings (SSSR count). The van der Waals surface area contributed by atoms with Crippen LogP contribution >= 0.6 is 0 Å². The average Bonchev–Trinajstić information content (AvgIpc) is 2.47. The smallest absolute Gasteiger partial charge is 0.320 e. The molecule has 0 unspecified atom stereocenters. The molecule has 4 nitrogen and oxygen atoms in total. The lowest BCUT2D eigenvalue weighted by Crippen LogP contribution is -2.08. The van der Waals surface area contributed by atoms with E-state index < -0.39 is 0 Å². The Balaban J connectivity index is 3.34. The monoisotopic (exact) mass is 299 g/mol. The zero-order chi connectivity index (χ0) is 15.8. The van der Waals surface area contributed by atoms with Crippen LogP contribution in [-0.4, -0.2) is 11.9 Å². The van der Waals surface area contributed by atoms with Gasteiger partial charge in [-0.15, -0.1) is 0 Å². The molecule has 0 aliphatic carbocycles. The third kappa shape index (κ3) is 15.2. The van der Waals surface area contributed by atoms with Crippen LogP contribution in [0.3, 0.4) is 0 Å². The molecule has 0 heterocycles. The van der Waals surface area contributed by atoms with Gasteiger partial charge in [0, 0.05) is 12.8 Å². The normalized spacial score (nSPS) is 10.4. The summed E-state index contributed by atoms with van der Waals surface area (Å²) in [5, 5.41) is 0. The first kappa shape index (κ1) is 19.9. The number of carbonyl (C=O) groups is 2. The van der Waals surface area contributed by atoms with Crippen molar-refractivity contribution >= 4 is 11.9 Å². The van der Waals surface area contributed by atoms with Gasteiger partial charge in [-0.1, -0.05) is 65.2 Å².